The maximum absolute atomic E-state index is 12.7. The zero-order valence-electron chi connectivity index (χ0n) is 16.2. The van der Waals surface area contributed by atoms with E-state index in [1.807, 2.05) is 0 Å². The Balaban J connectivity index is 1.59. The summed E-state index contributed by atoms with van der Waals surface area (Å²) in [6.07, 6.45) is 0. The average molecular weight is 459 g/mol. The van der Waals surface area contributed by atoms with Gasteiger partial charge in [0.1, 0.15) is 9.96 Å². The predicted molar refractivity (Wildman–Crippen MR) is 112 cm³/mol. The molecule has 1 fully saturated rings. The number of benzene rings is 1. The number of morpholine rings is 1. The Bertz CT molecular complexity index is 951. The van der Waals surface area contributed by atoms with Crippen LogP contribution in [0.3, 0.4) is 0 Å². The van der Waals surface area contributed by atoms with Crippen LogP contribution in [0.4, 0.5) is 0 Å². The number of sulfonamides is 1. The molecule has 1 N–H and O–H groups in total. The topological polar surface area (TPSA) is 84.9 Å². The number of nitrogens with one attached hydrogen (secondary N) is 1. The molecule has 1 aromatic carbocycles. The molecule has 2 aromatic rings. The van der Waals surface area contributed by atoms with Gasteiger partial charge in [-0.25, -0.2) is 8.42 Å². The Labute approximate surface area is 179 Å². The van der Waals surface area contributed by atoms with Crippen LogP contribution in [-0.2, 0) is 26.1 Å². The molecule has 29 heavy (non-hydrogen) atoms. The standard InChI is InChI=1S/C19H23ClN2O5S2/c1-19(2,27-15-5-3-14(20)4-6-15)18(23)21-13-16-7-8-17(28-16)29(24,25)22-9-11-26-12-10-22/h3-8H,9-13H2,1-2H3,(H,21,23). The first-order chi connectivity index (χ1) is 13.7. The normalized spacial score (nSPS) is 15.8. The quantitative estimate of drug-likeness (QED) is 0.689. The molecule has 1 aliphatic rings. The molecule has 158 valence electrons. The van der Waals surface area contributed by atoms with E-state index >= 15 is 0 Å². The third kappa shape index (κ3) is 5.49. The number of rotatable bonds is 7. The van der Waals surface area contributed by atoms with Gasteiger partial charge >= 0.3 is 0 Å². The first-order valence-electron chi connectivity index (χ1n) is 9.08. The minimum atomic E-state index is -3.53. The van der Waals surface area contributed by atoms with Crippen LogP contribution < -0.4 is 10.1 Å². The monoisotopic (exact) mass is 458 g/mol. The van der Waals surface area contributed by atoms with Crippen molar-refractivity contribution in [2.45, 2.75) is 30.2 Å². The molecule has 3 rings (SSSR count). The Morgan fingerprint density at radius 1 is 1.21 bits per heavy atom. The van der Waals surface area contributed by atoms with E-state index in [4.69, 9.17) is 21.1 Å². The van der Waals surface area contributed by atoms with Gasteiger partial charge in [0.15, 0.2) is 5.60 Å². The van der Waals surface area contributed by atoms with Crippen LogP contribution in [0.2, 0.25) is 5.02 Å². The van der Waals surface area contributed by atoms with Crippen LogP contribution in [0.25, 0.3) is 0 Å². The van der Waals surface area contributed by atoms with Crippen molar-refractivity contribution in [3.63, 3.8) is 0 Å². The van der Waals surface area contributed by atoms with E-state index in [1.165, 1.54) is 4.31 Å². The van der Waals surface area contributed by atoms with Crippen LogP contribution in [-0.4, -0.2) is 50.5 Å². The van der Waals surface area contributed by atoms with Crippen LogP contribution in [0.5, 0.6) is 5.75 Å². The second-order valence-electron chi connectivity index (χ2n) is 6.99. The molecular weight excluding hydrogens is 436 g/mol. The highest BCUT2D eigenvalue weighted by atomic mass is 35.5. The molecule has 7 nitrogen and oxygen atoms in total. The average Bonchev–Trinajstić information content (AvgIpc) is 3.18. The van der Waals surface area contributed by atoms with Crippen molar-refractivity contribution in [3.8, 4) is 5.75 Å². The summed E-state index contributed by atoms with van der Waals surface area (Å²) in [5, 5.41) is 3.39. The number of ether oxygens (including phenoxy) is 2. The fraction of sp³-hybridized carbons (Fsp3) is 0.421. The maximum Gasteiger partial charge on any atom is 0.263 e. The van der Waals surface area contributed by atoms with Crippen LogP contribution in [0.1, 0.15) is 18.7 Å². The van der Waals surface area contributed by atoms with Gasteiger partial charge in [0.05, 0.1) is 19.8 Å². The summed E-state index contributed by atoms with van der Waals surface area (Å²) in [7, 11) is -3.53. The number of hydrogen-bond donors (Lipinski definition) is 1. The molecule has 0 atom stereocenters. The van der Waals surface area contributed by atoms with Crippen LogP contribution in [0, 0.1) is 0 Å². The van der Waals surface area contributed by atoms with Gasteiger partial charge in [-0.15, -0.1) is 11.3 Å². The van der Waals surface area contributed by atoms with Crippen molar-refractivity contribution in [2.24, 2.45) is 0 Å². The Hall–Kier alpha value is -1.65. The fourth-order valence-corrected chi connectivity index (χ4v) is 5.71. The third-order valence-electron chi connectivity index (χ3n) is 4.36. The Morgan fingerprint density at radius 2 is 1.86 bits per heavy atom. The Morgan fingerprint density at radius 3 is 2.52 bits per heavy atom. The smallest absolute Gasteiger partial charge is 0.263 e. The van der Waals surface area contributed by atoms with Gasteiger partial charge in [-0.2, -0.15) is 4.31 Å². The molecular formula is C19H23ClN2O5S2. The van der Waals surface area contributed by atoms with E-state index in [0.717, 1.165) is 16.2 Å². The van der Waals surface area contributed by atoms with Crippen molar-refractivity contribution >= 4 is 38.9 Å². The molecule has 0 spiro atoms. The molecule has 2 heterocycles. The van der Waals surface area contributed by atoms with Gasteiger partial charge in [0.2, 0.25) is 0 Å². The van der Waals surface area contributed by atoms with Gasteiger partial charge in [0.25, 0.3) is 15.9 Å². The summed E-state index contributed by atoms with van der Waals surface area (Å²) in [4.78, 5) is 13.3. The summed E-state index contributed by atoms with van der Waals surface area (Å²) >= 11 is 7.01. The minimum Gasteiger partial charge on any atom is -0.478 e. The van der Waals surface area contributed by atoms with Gasteiger partial charge in [-0.1, -0.05) is 11.6 Å². The zero-order chi connectivity index (χ0) is 21.1. The number of carbonyl (C=O) groups is 1. The van der Waals surface area contributed by atoms with Crippen molar-refractivity contribution < 1.29 is 22.7 Å². The molecule has 1 amide bonds. The first-order valence-corrected chi connectivity index (χ1v) is 11.7. The van der Waals surface area contributed by atoms with Crippen LogP contribution >= 0.6 is 22.9 Å². The van der Waals surface area contributed by atoms with Crippen molar-refractivity contribution in [2.75, 3.05) is 26.3 Å². The van der Waals surface area contributed by atoms with Crippen molar-refractivity contribution in [1.82, 2.24) is 9.62 Å². The van der Waals surface area contributed by atoms with Crippen molar-refractivity contribution in [3.05, 3.63) is 46.3 Å². The van der Waals surface area contributed by atoms with Gasteiger partial charge < -0.3 is 14.8 Å². The third-order valence-corrected chi connectivity index (χ3v) is 8.06. The lowest BCUT2D eigenvalue weighted by molar-refractivity contribution is -0.134. The van der Waals surface area contributed by atoms with E-state index in [1.54, 1.807) is 50.2 Å². The van der Waals surface area contributed by atoms with E-state index in [-0.39, 0.29) is 16.7 Å². The first kappa shape index (κ1) is 22.0. The Kier molecular flexibility index (Phi) is 6.85. The second kappa shape index (κ2) is 9.01. The molecule has 0 unspecified atom stereocenters. The number of halogens is 1. The SMILES string of the molecule is CC(C)(Oc1ccc(Cl)cc1)C(=O)NCc1ccc(S(=O)(=O)N2CCOCC2)s1. The number of hydrogen-bond acceptors (Lipinski definition) is 6. The molecule has 0 radical (unpaired) electrons. The minimum absolute atomic E-state index is 0.218. The van der Waals surface area contributed by atoms with Gasteiger partial charge in [-0.05, 0) is 50.2 Å². The van der Waals surface area contributed by atoms with E-state index in [0.29, 0.717) is 37.1 Å². The number of nitrogens with zero attached hydrogens (tertiary/aromatic N) is 1. The molecule has 10 heteroatoms. The molecule has 0 bridgehead atoms. The van der Waals surface area contributed by atoms with Crippen molar-refractivity contribution in [1.29, 1.82) is 0 Å². The summed E-state index contributed by atoms with van der Waals surface area (Å²) in [6.45, 7) is 5.05. The lowest BCUT2D eigenvalue weighted by Crippen LogP contribution is -2.46. The highest BCUT2D eigenvalue weighted by molar-refractivity contribution is 7.91. The predicted octanol–water partition coefficient (Wildman–Crippen LogP) is 2.90. The molecule has 1 aliphatic heterocycles. The number of amides is 1. The van der Waals surface area contributed by atoms with E-state index < -0.39 is 15.6 Å². The zero-order valence-corrected chi connectivity index (χ0v) is 18.6. The summed E-state index contributed by atoms with van der Waals surface area (Å²) < 4.78 is 38.0. The van der Waals surface area contributed by atoms with E-state index in [9.17, 15) is 13.2 Å². The highest BCUT2D eigenvalue weighted by Crippen LogP contribution is 2.26. The lowest BCUT2D eigenvalue weighted by atomic mass is 10.1. The largest absolute Gasteiger partial charge is 0.478 e. The molecule has 0 saturated carbocycles. The summed E-state index contributed by atoms with van der Waals surface area (Å²) in [6, 6.07) is 10.1. The molecule has 1 aromatic heterocycles. The second-order valence-corrected chi connectivity index (χ2v) is 10.8. The molecule has 0 aliphatic carbocycles. The fourth-order valence-electron chi connectivity index (χ4n) is 2.73. The van der Waals surface area contributed by atoms with Crippen LogP contribution in [0.15, 0.2) is 40.6 Å². The molecule has 1 saturated heterocycles. The highest BCUT2D eigenvalue weighted by Gasteiger charge is 2.31. The lowest BCUT2D eigenvalue weighted by Gasteiger charge is -2.25. The number of thiophene rings is 1. The number of carbonyl (C=O) groups excluding carboxylic acids is 1. The van der Waals surface area contributed by atoms with Gasteiger partial charge in [-0.3, -0.25) is 4.79 Å². The summed E-state index contributed by atoms with van der Waals surface area (Å²) in [5.74, 6) is 0.225. The van der Waals surface area contributed by atoms with Gasteiger partial charge in [0, 0.05) is 23.0 Å². The summed E-state index contributed by atoms with van der Waals surface area (Å²) in [5.41, 5.74) is -1.10. The maximum atomic E-state index is 12.7. The van der Waals surface area contributed by atoms with E-state index in [2.05, 4.69) is 5.32 Å².